The monoisotopic (exact) mass is 618 g/mol. The van der Waals surface area contributed by atoms with Crippen molar-refractivity contribution in [2.45, 2.75) is 93.9 Å². The maximum Gasteiger partial charge on any atom is 0.121 e. The highest BCUT2D eigenvalue weighted by Crippen LogP contribution is 2.25. The van der Waals surface area contributed by atoms with Gasteiger partial charge in [-0.25, -0.2) is 0 Å². The molecule has 3 aromatic carbocycles. The first kappa shape index (κ1) is 39.6. The predicted molar refractivity (Wildman–Crippen MR) is 195 cm³/mol. The molecule has 3 rings (SSSR count). The Bertz CT molecular complexity index is 1170. The Morgan fingerprint density at radius 2 is 1.29 bits per heavy atom. The third-order valence-corrected chi connectivity index (χ3v) is 7.16. The zero-order chi connectivity index (χ0) is 33.3. The van der Waals surface area contributed by atoms with Gasteiger partial charge in [-0.05, 0) is 92.7 Å². The Morgan fingerprint density at radius 1 is 0.733 bits per heavy atom. The molecule has 0 radical (unpaired) electrons. The molecule has 0 unspecified atom stereocenters. The zero-order valence-electron chi connectivity index (χ0n) is 29.9. The van der Waals surface area contributed by atoms with Gasteiger partial charge in [-0.1, -0.05) is 91.3 Å². The van der Waals surface area contributed by atoms with Crippen LogP contribution in [0.5, 0.6) is 17.2 Å². The average molecular weight is 619 g/mol. The molecule has 0 amide bonds. The van der Waals surface area contributed by atoms with Crippen LogP contribution in [-0.4, -0.2) is 44.9 Å². The molecule has 0 heterocycles. The number of rotatable bonds is 18. The maximum absolute atomic E-state index is 6.08. The van der Waals surface area contributed by atoms with Crippen LogP contribution in [-0.2, 0) is 12.8 Å². The summed E-state index contributed by atoms with van der Waals surface area (Å²) in [4.78, 5) is 2.43. The van der Waals surface area contributed by atoms with Crippen molar-refractivity contribution in [3.05, 3.63) is 95.2 Å². The SMILES string of the molecule is CC.CC/C=C(\CCc1ccc(OCCc2ccc(OC)cc2)cc1)Nc1cc(OCCCN(CC)CC)ccc1C.CCC. The Balaban J connectivity index is 0.00000191. The highest BCUT2D eigenvalue weighted by Gasteiger charge is 2.07. The second kappa shape index (κ2) is 24.8. The number of methoxy groups -OCH3 is 1. The van der Waals surface area contributed by atoms with Crippen molar-refractivity contribution in [3.63, 3.8) is 0 Å². The van der Waals surface area contributed by atoms with E-state index in [-0.39, 0.29) is 0 Å². The smallest absolute Gasteiger partial charge is 0.121 e. The number of hydrogen-bond donors (Lipinski definition) is 1. The first-order valence-electron chi connectivity index (χ1n) is 17.2. The number of benzene rings is 3. The van der Waals surface area contributed by atoms with Crippen LogP contribution in [0.25, 0.3) is 0 Å². The summed E-state index contributed by atoms with van der Waals surface area (Å²) in [5.74, 6) is 2.71. The minimum Gasteiger partial charge on any atom is -0.497 e. The second-order valence-electron chi connectivity index (χ2n) is 10.8. The molecule has 45 heavy (non-hydrogen) atoms. The van der Waals surface area contributed by atoms with E-state index in [0.29, 0.717) is 6.61 Å². The lowest BCUT2D eigenvalue weighted by molar-refractivity contribution is 0.249. The molecule has 5 nitrogen and oxygen atoms in total. The summed E-state index contributed by atoms with van der Waals surface area (Å²) in [7, 11) is 1.69. The Morgan fingerprint density at radius 3 is 1.87 bits per heavy atom. The van der Waals surface area contributed by atoms with E-state index in [1.54, 1.807) is 7.11 Å². The summed E-state index contributed by atoms with van der Waals surface area (Å²) < 4.78 is 17.3. The van der Waals surface area contributed by atoms with Crippen LogP contribution in [0, 0.1) is 6.92 Å². The molecule has 0 atom stereocenters. The predicted octanol–water partition coefficient (Wildman–Crippen LogP) is 10.5. The minimum atomic E-state index is 0.650. The lowest BCUT2D eigenvalue weighted by atomic mass is 10.1. The highest BCUT2D eigenvalue weighted by molar-refractivity contribution is 5.57. The van der Waals surface area contributed by atoms with Crippen molar-refractivity contribution in [1.29, 1.82) is 0 Å². The quantitative estimate of drug-likeness (QED) is 0.144. The molecular formula is C40H62N2O3. The molecule has 0 saturated carbocycles. The number of anilines is 1. The molecule has 5 heteroatoms. The fraction of sp³-hybridized carbons (Fsp3) is 0.500. The van der Waals surface area contributed by atoms with Gasteiger partial charge in [-0.2, -0.15) is 0 Å². The lowest BCUT2D eigenvalue weighted by Crippen LogP contribution is -2.25. The minimum absolute atomic E-state index is 0.650. The van der Waals surface area contributed by atoms with Crippen molar-refractivity contribution in [1.82, 2.24) is 4.90 Å². The van der Waals surface area contributed by atoms with Crippen LogP contribution in [0.2, 0.25) is 0 Å². The van der Waals surface area contributed by atoms with Gasteiger partial charge in [-0.15, -0.1) is 0 Å². The molecule has 0 aliphatic heterocycles. The van der Waals surface area contributed by atoms with Gasteiger partial charge in [-0.3, -0.25) is 0 Å². The largest absolute Gasteiger partial charge is 0.497 e. The summed E-state index contributed by atoms with van der Waals surface area (Å²) in [6, 6.07) is 23.0. The number of allylic oxidation sites excluding steroid dienone is 2. The number of nitrogens with zero attached hydrogens (tertiary/aromatic N) is 1. The van der Waals surface area contributed by atoms with Crippen molar-refractivity contribution < 1.29 is 14.2 Å². The van der Waals surface area contributed by atoms with E-state index in [9.17, 15) is 0 Å². The van der Waals surface area contributed by atoms with Gasteiger partial charge in [0.25, 0.3) is 0 Å². The van der Waals surface area contributed by atoms with Gasteiger partial charge >= 0.3 is 0 Å². The summed E-state index contributed by atoms with van der Waals surface area (Å²) in [5, 5.41) is 3.69. The standard InChI is InChI=1S/C35H48N2O3.C3H8.C2H6/c1-6-10-31(36-35-27-34(18-11-28(35)4)39-25-9-24-37(7-2)8-3)17-12-29-15-21-33(22-16-29)40-26-23-30-13-19-32(38-5)20-14-30;1-3-2;1-2/h10-11,13-16,18-22,27,36H,6-9,12,17,23-26H2,1-5H3;3H2,1-2H3;1-2H3/b31-10+;;. The molecule has 0 bridgehead atoms. The first-order chi connectivity index (χ1) is 22.0. The Labute approximate surface area is 276 Å². The van der Waals surface area contributed by atoms with Crippen LogP contribution in [0.3, 0.4) is 0 Å². The summed E-state index contributed by atoms with van der Waals surface area (Å²) in [5.41, 5.74) is 6.11. The maximum atomic E-state index is 6.08. The molecule has 0 spiro atoms. The van der Waals surface area contributed by atoms with Gasteiger partial charge in [0.15, 0.2) is 0 Å². The van der Waals surface area contributed by atoms with E-state index in [4.69, 9.17) is 14.2 Å². The molecule has 0 aliphatic rings. The van der Waals surface area contributed by atoms with E-state index in [1.807, 2.05) is 26.0 Å². The molecule has 0 aromatic heterocycles. The van der Waals surface area contributed by atoms with Crippen LogP contribution in [0.1, 0.15) is 90.8 Å². The second-order valence-corrected chi connectivity index (χ2v) is 10.8. The fourth-order valence-electron chi connectivity index (χ4n) is 4.59. The average Bonchev–Trinajstić information content (AvgIpc) is 3.07. The van der Waals surface area contributed by atoms with Crippen LogP contribution in [0.4, 0.5) is 5.69 Å². The summed E-state index contributed by atoms with van der Waals surface area (Å²) >= 11 is 0. The van der Waals surface area contributed by atoms with Gasteiger partial charge < -0.3 is 24.4 Å². The lowest BCUT2D eigenvalue weighted by Gasteiger charge is -2.18. The molecular weight excluding hydrogens is 556 g/mol. The first-order valence-corrected chi connectivity index (χ1v) is 17.2. The molecule has 3 aromatic rings. The van der Waals surface area contributed by atoms with Crippen molar-refractivity contribution >= 4 is 5.69 Å². The van der Waals surface area contributed by atoms with Crippen LogP contribution in [0.15, 0.2) is 78.5 Å². The molecule has 0 fully saturated rings. The Kier molecular flexibility index (Phi) is 21.8. The van der Waals surface area contributed by atoms with Gasteiger partial charge in [0.05, 0.1) is 20.3 Å². The number of nitrogens with one attached hydrogen (secondary N) is 1. The number of ether oxygens (including phenoxy) is 3. The topological polar surface area (TPSA) is 43.0 Å². The van der Waals surface area contributed by atoms with Crippen LogP contribution >= 0.6 is 0 Å². The number of hydrogen-bond acceptors (Lipinski definition) is 5. The third kappa shape index (κ3) is 16.4. The van der Waals surface area contributed by atoms with Crippen molar-refractivity contribution in [2.75, 3.05) is 45.3 Å². The van der Waals surface area contributed by atoms with Crippen LogP contribution < -0.4 is 19.5 Å². The van der Waals surface area contributed by atoms with E-state index in [0.717, 1.165) is 81.3 Å². The molecule has 0 saturated heterocycles. The summed E-state index contributed by atoms with van der Waals surface area (Å²) in [6.45, 7) is 21.6. The third-order valence-electron chi connectivity index (χ3n) is 7.16. The fourth-order valence-corrected chi connectivity index (χ4v) is 4.59. The van der Waals surface area contributed by atoms with Gasteiger partial charge in [0, 0.05) is 30.4 Å². The zero-order valence-corrected chi connectivity index (χ0v) is 29.9. The summed E-state index contributed by atoms with van der Waals surface area (Å²) in [6.07, 6.45) is 8.33. The van der Waals surface area contributed by atoms with Crippen molar-refractivity contribution in [3.8, 4) is 17.2 Å². The van der Waals surface area contributed by atoms with Gasteiger partial charge in [0.1, 0.15) is 17.2 Å². The Hall–Kier alpha value is -3.44. The van der Waals surface area contributed by atoms with E-state index >= 15 is 0 Å². The van der Waals surface area contributed by atoms with Crippen molar-refractivity contribution in [2.24, 2.45) is 0 Å². The highest BCUT2D eigenvalue weighted by atomic mass is 16.5. The number of aryl methyl sites for hydroxylation is 2. The molecule has 1 N–H and O–H groups in total. The van der Waals surface area contributed by atoms with Gasteiger partial charge in [0.2, 0.25) is 0 Å². The normalized spacial score (nSPS) is 10.8. The molecule has 250 valence electrons. The van der Waals surface area contributed by atoms with E-state index < -0.39 is 0 Å². The van der Waals surface area contributed by atoms with E-state index in [1.165, 1.54) is 28.8 Å². The molecule has 0 aliphatic carbocycles. The van der Waals surface area contributed by atoms with E-state index in [2.05, 4.69) is 112 Å².